The lowest BCUT2D eigenvalue weighted by Crippen LogP contribution is -2.60. The van der Waals surface area contributed by atoms with Gasteiger partial charge >= 0.3 is 0 Å². The molecule has 0 amide bonds. The average Bonchev–Trinajstić information content (AvgIpc) is 2.24. The van der Waals surface area contributed by atoms with Crippen LogP contribution >= 0.6 is 0 Å². The Morgan fingerprint density at radius 2 is 1.15 bits per heavy atom. The molecule has 0 atom stereocenters. The molecular weight excluding hydrogens is 208 g/mol. The van der Waals surface area contributed by atoms with E-state index in [1.54, 1.807) is 0 Å². The Kier molecular flexibility index (Phi) is 3.56. The molecule has 78 valence electrons. The van der Waals surface area contributed by atoms with Gasteiger partial charge in [0, 0.05) is 0 Å². The highest BCUT2D eigenvalue weighted by Crippen LogP contribution is 2.24. The first-order chi connectivity index (χ1) is 5.87. The lowest BCUT2D eigenvalue weighted by molar-refractivity contribution is 0.671. The molecule has 0 bridgehead atoms. The molecule has 13 heavy (non-hydrogen) atoms. The van der Waals surface area contributed by atoms with Crippen molar-refractivity contribution >= 4 is 26.3 Å². The molecule has 0 radical (unpaired) electrons. The van der Waals surface area contributed by atoms with E-state index in [0.717, 1.165) is 0 Å². The Bertz CT molecular complexity index is 164. The van der Waals surface area contributed by atoms with E-state index in [-0.39, 0.29) is 0 Å². The maximum absolute atomic E-state index is 2.89. The predicted octanol–water partition coefficient (Wildman–Crippen LogP) is 1.27. The Balaban J connectivity index is 2.76. The molecule has 1 heterocycles. The van der Waals surface area contributed by atoms with Gasteiger partial charge < -0.3 is 8.46 Å². The first kappa shape index (κ1) is 11.6. The van der Waals surface area contributed by atoms with Crippen LogP contribution in [0.2, 0.25) is 39.3 Å². The van der Waals surface area contributed by atoms with Gasteiger partial charge in [-0.15, -0.1) is 0 Å². The third kappa shape index (κ3) is 2.15. The molecule has 1 saturated heterocycles. The van der Waals surface area contributed by atoms with Crippen molar-refractivity contribution in [3.63, 3.8) is 0 Å². The summed E-state index contributed by atoms with van der Waals surface area (Å²) in [4.78, 5) is 0. The topological polar surface area (TPSA) is 6.48 Å². The molecule has 2 nitrogen and oxygen atoms in total. The van der Waals surface area contributed by atoms with Gasteiger partial charge in [0.1, 0.15) is 0 Å². The van der Waals surface area contributed by atoms with Crippen LogP contribution in [0.3, 0.4) is 0 Å². The second kappa shape index (κ2) is 3.98. The van der Waals surface area contributed by atoms with Crippen LogP contribution in [0.4, 0.5) is 0 Å². The first-order valence-corrected chi connectivity index (χ1v) is 14.0. The van der Waals surface area contributed by atoms with Gasteiger partial charge in [0.15, 0.2) is 8.40 Å². The van der Waals surface area contributed by atoms with Crippen LogP contribution in [0.15, 0.2) is 0 Å². The zero-order valence-corrected chi connectivity index (χ0v) is 13.3. The molecule has 0 aromatic heterocycles. The van der Waals surface area contributed by atoms with Gasteiger partial charge in [-0.3, -0.25) is 0 Å². The van der Waals surface area contributed by atoms with Gasteiger partial charge in [0.25, 0.3) is 0 Å². The van der Waals surface area contributed by atoms with Crippen LogP contribution in [-0.2, 0) is 0 Å². The molecule has 1 aliphatic heterocycles. The van der Waals surface area contributed by atoms with Crippen molar-refractivity contribution in [3.8, 4) is 0 Å². The van der Waals surface area contributed by atoms with Gasteiger partial charge in [0.05, 0.1) is 17.9 Å². The van der Waals surface area contributed by atoms with Crippen LogP contribution in [-0.4, -0.2) is 47.9 Å². The summed E-state index contributed by atoms with van der Waals surface area (Å²) < 4.78 is 5.78. The zero-order chi connectivity index (χ0) is 10.2. The van der Waals surface area contributed by atoms with Crippen molar-refractivity contribution < 1.29 is 0 Å². The molecule has 5 heteroatoms. The summed E-state index contributed by atoms with van der Waals surface area (Å²) in [7, 11) is -2.24. The minimum absolute atomic E-state index is 0.552. The summed E-state index contributed by atoms with van der Waals surface area (Å²) in [5.41, 5.74) is 0. The van der Waals surface area contributed by atoms with Crippen molar-refractivity contribution in [1.82, 2.24) is 8.46 Å². The average molecular weight is 233 g/mol. The molecule has 1 fully saturated rings. The van der Waals surface area contributed by atoms with E-state index in [1.165, 1.54) is 13.1 Å². The molecule has 0 aliphatic carbocycles. The third-order valence-electron chi connectivity index (χ3n) is 3.23. The SMILES string of the molecule is C[SiH](C)N1CCN([SiH](C)C)[Si]1(C)C. The van der Waals surface area contributed by atoms with Crippen LogP contribution < -0.4 is 0 Å². The Morgan fingerprint density at radius 3 is 1.31 bits per heavy atom. The maximum atomic E-state index is 2.89. The number of hydrogen-bond acceptors (Lipinski definition) is 2. The van der Waals surface area contributed by atoms with Crippen molar-refractivity contribution in [3.05, 3.63) is 0 Å². The van der Waals surface area contributed by atoms with Crippen molar-refractivity contribution in [1.29, 1.82) is 0 Å². The van der Waals surface area contributed by atoms with E-state index in [4.69, 9.17) is 0 Å². The lowest BCUT2D eigenvalue weighted by Gasteiger charge is -2.39. The van der Waals surface area contributed by atoms with Gasteiger partial charge in [-0.05, 0) is 26.2 Å². The summed E-state index contributed by atoms with van der Waals surface area (Å²) in [6.07, 6.45) is 0. The van der Waals surface area contributed by atoms with Crippen molar-refractivity contribution in [2.24, 2.45) is 0 Å². The molecule has 0 unspecified atom stereocenters. The highest BCUT2D eigenvalue weighted by molar-refractivity contribution is 6.87. The normalized spacial score (nSPS) is 24.9. The molecule has 0 N–H and O–H groups in total. The van der Waals surface area contributed by atoms with Crippen LogP contribution in [0.25, 0.3) is 0 Å². The van der Waals surface area contributed by atoms with E-state index >= 15 is 0 Å². The minimum Gasteiger partial charge on any atom is -0.335 e. The minimum atomic E-state index is -1.14. The number of hydrogen-bond donors (Lipinski definition) is 0. The standard InChI is InChI=1S/C8H24N2Si3/c1-11(2)9-7-8-10(12(3)4)13(9,5)6/h11-12H,7-8H2,1-6H3. The summed E-state index contributed by atoms with van der Waals surface area (Å²) in [5, 5.41) is 0. The first-order valence-electron chi connectivity index (χ1n) is 5.41. The zero-order valence-electron chi connectivity index (χ0n) is 9.96. The van der Waals surface area contributed by atoms with E-state index in [1.807, 2.05) is 0 Å². The smallest absolute Gasteiger partial charge is 0.186 e. The fraction of sp³-hybridized carbons (Fsp3) is 1.00. The molecule has 0 spiro atoms. The van der Waals surface area contributed by atoms with E-state index in [2.05, 4.69) is 47.7 Å². The fourth-order valence-corrected chi connectivity index (χ4v) is 17.0. The number of nitrogens with zero attached hydrogens (tertiary/aromatic N) is 2. The summed E-state index contributed by atoms with van der Waals surface area (Å²) in [6, 6.07) is 0. The van der Waals surface area contributed by atoms with Crippen LogP contribution in [0.5, 0.6) is 0 Å². The third-order valence-corrected chi connectivity index (χ3v) is 16.4. The monoisotopic (exact) mass is 232 g/mol. The lowest BCUT2D eigenvalue weighted by atomic mass is 10.7. The predicted molar refractivity (Wildman–Crippen MR) is 68.6 cm³/mol. The molecule has 1 aliphatic rings. The second-order valence-electron chi connectivity index (χ2n) is 5.07. The number of rotatable bonds is 2. The van der Waals surface area contributed by atoms with E-state index < -0.39 is 26.3 Å². The van der Waals surface area contributed by atoms with Gasteiger partial charge in [-0.1, -0.05) is 26.2 Å². The molecular formula is C8H24N2Si3. The summed E-state index contributed by atoms with van der Waals surface area (Å²) in [5.74, 6) is 0. The Labute approximate surface area is 87.5 Å². The quantitative estimate of drug-likeness (QED) is 0.662. The molecule has 1 rings (SSSR count). The largest absolute Gasteiger partial charge is 0.335 e. The van der Waals surface area contributed by atoms with E-state index in [9.17, 15) is 0 Å². The Morgan fingerprint density at radius 1 is 0.846 bits per heavy atom. The van der Waals surface area contributed by atoms with Gasteiger partial charge in [-0.25, -0.2) is 0 Å². The van der Waals surface area contributed by atoms with Gasteiger partial charge in [-0.2, -0.15) is 0 Å². The summed E-state index contributed by atoms with van der Waals surface area (Å²) >= 11 is 0. The summed E-state index contributed by atoms with van der Waals surface area (Å²) in [6.45, 7) is 17.7. The molecule has 0 aromatic rings. The second-order valence-corrected chi connectivity index (χ2v) is 15.9. The maximum Gasteiger partial charge on any atom is 0.186 e. The van der Waals surface area contributed by atoms with Crippen molar-refractivity contribution in [2.45, 2.75) is 39.3 Å². The van der Waals surface area contributed by atoms with Gasteiger partial charge in [0.2, 0.25) is 0 Å². The highest BCUT2D eigenvalue weighted by Gasteiger charge is 2.43. The Hall–Kier alpha value is 0.571. The van der Waals surface area contributed by atoms with E-state index in [0.29, 0.717) is 0 Å². The molecule has 0 saturated carbocycles. The van der Waals surface area contributed by atoms with Crippen LogP contribution in [0.1, 0.15) is 0 Å². The highest BCUT2D eigenvalue weighted by atomic mass is 28.4. The van der Waals surface area contributed by atoms with Crippen LogP contribution in [0, 0.1) is 0 Å². The molecule has 0 aromatic carbocycles. The fourth-order valence-electron chi connectivity index (χ4n) is 2.71. The van der Waals surface area contributed by atoms with Crippen molar-refractivity contribution in [2.75, 3.05) is 13.1 Å².